The Bertz CT molecular complexity index is 1010. The summed E-state index contributed by atoms with van der Waals surface area (Å²) in [5.41, 5.74) is 4.80. The summed E-state index contributed by atoms with van der Waals surface area (Å²) in [6.07, 6.45) is 6.36. The zero-order chi connectivity index (χ0) is 21.1. The van der Waals surface area contributed by atoms with E-state index in [1.807, 2.05) is 48.1 Å². The third kappa shape index (κ3) is 4.24. The second-order valence-electron chi connectivity index (χ2n) is 7.85. The summed E-state index contributed by atoms with van der Waals surface area (Å²) < 4.78 is 7.29. The molecule has 1 fully saturated rings. The summed E-state index contributed by atoms with van der Waals surface area (Å²) in [5, 5.41) is 17.3. The SMILES string of the molecule is COc1cc(C)c(Cc2ccc(-n3cccn3)cc2)cc1C(=O)N[C@@H]1CCC[C@H]1O. The van der Waals surface area contributed by atoms with Crippen molar-refractivity contribution >= 4 is 5.91 Å². The molecule has 6 heteroatoms. The quantitative estimate of drug-likeness (QED) is 0.659. The first-order valence-electron chi connectivity index (χ1n) is 10.3. The van der Waals surface area contributed by atoms with Crippen LogP contribution in [0.3, 0.4) is 0 Å². The van der Waals surface area contributed by atoms with E-state index in [0.717, 1.165) is 41.6 Å². The number of aryl methyl sites for hydroxylation is 1. The second kappa shape index (κ2) is 8.71. The highest BCUT2D eigenvalue weighted by Gasteiger charge is 2.28. The van der Waals surface area contributed by atoms with Crippen molar-refractivity contribution in [3.05, 3.63) is 77.1 Å². The molecule has 3 aromatic rings. The van der Waals surface area contributed by atoms with Crippen molar-refractivity contribution in [1.82, 2.24) is 15.1 Å². The molecule has 2 atom stereocenters. The first-order valence-corrected chi connectivity index (χ1v) is 10.3. The Hall–Kier alpha value is -3.12. The molecule has 1 amide bonds. The largest absolute Gasteiger partial charge is 0.496 e. The third-order valence-electron chi connectivity index (χ3n) is 5.80. The van der Waals surface area contributed by atoms with Crippen molar-refractivity contribution in [2.75, 3.05) is 7.11 Å². The van der Waals surface area contributed by atoms with Crippen molar-refractivity contribution in [3.8, 4) is 11.4 Å². The molecule has 6 nitrogen and oxygen atoms in total. The van der Waals surface area contributed by atoms with Gasteiger partial charge in [-0.2, -0.15) is 5.10 Å². The summed E-state index contributed by atoms with van der Waals surface area (Å²) in [5.74, 6) is 0.350. The van der Waals surface area contributed by atoms with Gasteiger partial charge in [0, 0.05) is 12.4 Å². The van der Waals surface area contributed by atoms with E-state index in [9.17, 15) is 9.90 Å². The lowest BCUT2D eigenvalue weighted by molar-refractivity contribution is 0.0870. The maximum Gasteiger partial charge on any atom is 0.255 e. The molecule has 156 valence electrons. The first kappa shape index (κ1) is 20.2. The molecule has 1 saturated carbocycles. The van der Waals surface area contributed by atoms with Crippen LogP contribution in [-0.2, 0) is 6.42 Å². The average molecular weight is 405 g/mol. The molecule has 0 bridgehead atoms. The van der Waals surface area contributed by atoms with Gasteiger partial charge in [0.1, 0.15) is 5.75 Å². The number of nitrogens with zero attached hydrogens (tertiary/aromatic N) is 2. The Kier molecular flexibility index (Phi) is 5.86. The zero-order valence-electron chi connectivity index (χ0n) is 17.3. The van der Waals surface area contributed by atoms with Crippen LogP contribution in [0.5, 0.6) is 5.75 Å². The number of hydrogen-bond donors (Lipinski definition) is 2. The van der Waals surface area contributed by atoms with Gasteiger partial charge in [0.2, 0.25) is 0 Å². The highest BCUT2D eigenvalue weighted by atomic mass is 16.5. The molecule has 1 aliphatic carbocycles. The van der Waals surface area contributed by atoms with Gasteiger partial charge >= 0.3 is 0 Å². The van der Waals surface area contributed by atoms with Crippen LogP contribution >= 0.6 is 0 Å². The fourth-order valence-corrected chi connectivity index (χ4v) is 4.03. The normalized spacial score (nSPS) is 18.4. The summed E-state index contributed by atoms with van der Waals surface area (Å²) in [6.45, 7) is 2.03. The van der Waals surface area contributed by atoms with E-state index in [4.69, 9.17) is 4.74 Å². The number of carbonyl (C=O) groups is 1. The van der Waals surface area contributed by atoms with Crippen molar-refractivity contribution in [2.45, 2.75) is 44.8 Å². The summed E-state index contributed by atoms with van der Waals surface area (Å²) in [6, 6.07) is 13.8. The molecular formula is C24H27N3O3. The second-order valence-corrected chi connectivity index (χ2v) is 7.85. The van der Waals surface area contributed by atoms with E-state index in [-0.39, 0.29) is 11.9 Å². The number of aliphatic hydroxyl groups excluding tert-OH is 1. The molecule has 1 aliphatic rings. The van der Waals surface area contributed by atoms with Crippen LogP contribution in [0.15, 0.2) is 54.9 Å². The molecule has 0 radical (unpaired) electrons. The van der Waals surface area contributed by atoms with E-state index in [1.165, 1.54) is 0 Å². The number of amides is 1. The number of aliphatic hydroxyl groups is 1. The number of hydrogen-bond acceptors (Lipinski definition) is 4. The van der Waals surface area contributed by atoms with Crippen LogP contribution in [-0.4, -0.2) is 40.0 Å². The Balaban J connectivity index is 1.56. The van der Waals surface area contributed by atoms with Gasteiger partial charge in [-0.25, -0.2) is 4.68 Å². The van der Waals surface area contributed by atoms with Crippen LogP contribution in [0.1, 0.15) is 46.3 Å². The lowest BCUT2D eigenvalue weighted by Crippen LogP contribution is -2.40. The summed E-state index contributed by atoms with van der Waals surface area (Å²) >= 11 is 0. The molecule has 0 spiro atoms. The third-order valence-corrected chi connectivity index (χ3v) is 5.80. The minimum Gasteiger partial charge on any atom is -0.496 e. The number of nitrogens with one attached hydrogen (secondary N) is 1. The molecule has 4 rings (SSSR count). The van der Waals surface area contributed by atoms with Crippen LogP contribution in [0.4, 0.5) is 0 Å². The van der Waals surface area contributed by atoms with Gasteiger partial charge in [-0.05, 0) is 79.6 Å². The predicted octanol–water partition coefficient (Wildman–Crippen LogP) is 3.42. The molecule has 0 saturated heterocycles. The predicted molar refractivity (Wildman–Crippen MR) is 115 cm³/mol. The number of ether oxygens (including phenoxy) is 1. The van der Waals surface area contributed by atoms with Gasteiger partial charge < -0.3 is 15.2 Å². The average Bonchev–Trinajstić information content (AvgIpc) is 3.42. The Morgan fingerprint density at radius 3 is 2.70 bits per heavy atom. The lowest BCUT2D eigenvalue weighted by Gasteiger charge is -2.19. The van der Waals surface area contributed by atoms with Crippen molar-refractivity contribution in [3.63, 3.8) is 0 Å². The first-order chi connectivity index (χ1) is 14.5. The highest BCUT2D eigenvalue weighted by molar-refractivity contribution is 5.97. The lowest BCUT2D eigenvalue weighted by atomic mass is 9.97. The Labute approximate surface area is 176 Å². The standard InChI is InChI=1S/C24H27N3O3/c1-16-13-23(30-2)20(24(29)26-21-5-3-6-22(21)28)15-18(16)14-17-7-9-19(10-8-17)27-12-4-11-25-27/h4,7-13,15,21-22,28H,3,5-6,14H2,1-2H3,(H,26,29)/t21-,22-/m1/s1. The molecule has 0 aliphatic heterocycles. The van der Waals surface area contributed by atoms with E-state index < -0.39 is 6.10 Å². The number of aromatic nitrogens is 2. The highest BCUT2D eigenvalue weighted by Crippen LogP contribution is 2.27. The summed E-state index contributed by atoms with van der Waals surface area (Å²) in [7, 11) is 1.57. The van der Waals surface area contributed by atoms with Crippen molar-refractivity contribution < 1.29 is 14.6 Å². The van der Waals surface area contributed by atoms with Crippen LogP contribution in [0.25, 0.3) is 5.69 Å². The van der Waals surface area contributed by atoms with Gasteiger partial charge in [-0.1, -0.05) is 12.1 Å². The van der Waals surface area contributed by atoms with Gasteiger partial charge in [0.25, 0.3) is 5.91 Å². The Morgan fingerprint density at radius 2 is 2.07 bits per heavy atom. The number of carbonyl (C=O) groups excluding carboxylic acids is 1. The van der Waals surface area contributed by atoms with E-state index in [2.05, 4.69) is 22.5 Å². The van der Waals surface area contributed by atoms with Crippen LogP contribution in [0.2, 0.25) is 0 Å². The fraction of sp³-hybridized carbons (Fsp3) is 0.333. The van der Waals surface area contributed by atoms with Gasteiger partial charge in [0.15, 0.2) is 0 Å². The van der Waals surface area contributed by atoms with Crippen molar-refractivity contribution in [2.24, 2.45) is 0 Å². The number of rotatable bonds is 6. The van der Waals surface area contributed by atoms with Gasteiger partial charge in [-0.15, -0.1) is 0 Å². The molecule has 30 heavy (non-hydrogen) atoms. The number of methoxy groups -OCH3 is 1. The minimum absolute atomic E-state index is 0.193. The van der Waals surface area contributed by atoms with Gasteiger partial charge in [-0.3, -0.25) is 4.79 Å². The number of benzene rings is 2. The topological polar surface area (TPSA) is 76.4 Å². The molecule has 2 aromatic carbocycles. The Morgan fingerprint density at radius 1 is 1.27 bits per heavy atom. The molecule has 1 aromatic heterocycles. The smallest absolute Gasteiger partial charge is 0.255 e. The monoisotopic (exact) mass is 405 g/mol. The van der Waals surface area contributed by atoms with E-state index in [0.29, 0.717) is 17.7 Å². The minimum atomic E-state index is -0.474. The van der Waals surface area contributed by atoms with E-state index >= 15 is 0 Å². The van der Waals surface area contributed by atoms with E-state index in [1.54, 1.807) is 13.3 Å². The van der Waals surface area contributed by atoms with Gasteiger partial charge in [0.05, 0.1) is 30.5 Å². The molecule has 0 unspecified atom stereocenters. The molecule has 2 N–H and O–H groups in total. The van der Waals surface area contributed by atoms with Crippen LogP contribution in [0, 0.1) is 6.92 Å². The molecular weight excluding hydrogens is 378 g/mol. The molecule has 1 heterocycles. The zero-order valence-corrected chi connectivity index (χ0v) is 17.3. The summed E-state index contributed by atoms with van der Waals surface area (Å²) in [4.78, 5) is 12.9. The van der Waals surface area contributed by atoms with Crippen LogP contribution < -0.4 is 10.1 Å². The maximum atomic E-state index is 12.9. The maximum absolute atomic E-state index is 12.9. The fourth-order valence-electron chi connectivity index (χ4n) is 4.03. The van der Waals surface area contributed by atoms with Crippen molar-refractivity contribution in [1.29, 1.82) is 0 Å².